The average Bonchev–Trinajstić information content (AvgIpc) is 2.03. The lowest BCUT2D eigenvalue weighted by atomic mass is 10.1. The minimum absolute atomic E-state index is 0.448. The van der Waals surface area contributed by atoms with Crippen LogP contribution >= 0.6 is 0 Å². The van der Waals surface area contributed by atoms with Crippen molar-refractivity contribution in [1.82, 2.24) is 4.90 Å². The molecule has 0 spiro atoms. The van der Waals surface area contributed by atoms with Crippen LogP contribution in [0.1, 0.15) is 19.3 Å². The van der Waals surface area contributed by atoms with E-state index in [4.69, 9.17) is 6.42 Å². The smallest absolute Gasteiger partial charge is 0.169 e. The summed E-state index contributed by atoms with van der Waals surface area (Å²) >= 11 is 0. The van der Waals surface area contributed by atoms with Crippen LogP contribution in [0.2, 0.25) is 0 Å². The van der Waals surface area contributed by atoms with Gasteiger partial charge in [-0.2, -0.15) is 0 Å². The Labute approximate surface area is 73.7 Å². The normalized spacial score (nSPS) is 25.0. The van der Waals surface area contributed by atoms with E-state index in [2.05, 4.69) is 6.04 Å². The number of rotatable bonds is 1. The highest BCUT2D eigenvalue weighted by atomic mass is 32.2. The third kappa shape index (κ3) is 1.92. The van der Waals surface area contributed by atoms with Crippen LogP contribution in [0.3, 0.4) is 0 Å². The van der Waals surface area contributed by atoms with E-state index in [1.165, 1.54) is 6.26 Å². The van der Waals surface area contributed by atoms with Crippen LogP contribution in [-0.2, 0) is 9.84 Å². The molecule has 1 atom stereocenters. The summed E-state index contributed by atoms with van der Waals surface area (Å²) in [5.74, 6) is 0. The molecule has 1 unspecified atom stereocenters. The fraction of sp³-hybridized carbons (Fsp3) is 0.750. The maximum absolute atomic E-state index is 11.2. The first kappa shape index (κ1) is 9.40. The lowest BCUT2D eigenvalue weighted by Crippen LogP contribution is -2.40. The van der Waals surface area contributed by atoms with E-state index < -0.39 is 15.2 Å². The standard InChI is InChI=1S/C8H13NO2S/c1-3-9-7-5-4-6-8(9)12(2,10)11/h1,8H,4-7H2,2H3. The Kier molecular flexibility index (Phi) is 2.63. The van der Waals surface area contributed by atoms with E-state index in [-0.39, 0.29) is 0 Å². The topological polar surface area (TPSA) is 37.4 Å². The van der Waals surface area contributed by atoms with Gasteiger partial charge in [-0.05, 0) is 19.3 Å². The molecule has 1 saturated heterocycles. The summed E-state index contributed by atoms with van der Waals surface area (Å²) in [6.45, 7) is 0.703. The summed E-state index contributed by atoms with van der Waals surface area (Å²) in [6, 6.07) is 2.41. The number of nitrogens with zero attached hydrogens (tertiary/aromatic N) is 1. The minimum Gasteiger partial charge on any atom is -0.315 e. The van der Waals surface area contributed by atoms with Crippen LogP contribution in [0.4, 0.5) is 0 Å². The van der Waals surface area contributed by atoms with Gasteiger partial charge in [-0.15, -0.1) is 0 Å². The van der Waals surface area contributed by atoms with Crippen molar-refractivity contribution in [1.29, 1.82) is 0 Å². The highest BCUT2D eigenvalue weighted by Crippen LogP contribution is 2.19. The van der Waals surface area contributed by atoms with E-state index >= 15 is 0 Å². The highest BCUT2D eigenvalue weighted by Gasteiger charge is 2.28. The summed E-state index contributed by atoms with van der Waals surface area (Å²) < 4.78 is 22.4. The van der Waals surface area contributed by atoms with E-state index in [9.17, 15) is 8.42 Å². The average molecular weight is 187 g/mol. The Hall–Kier alpha value is -0.690. The third-order valence-corrected chi connectivity index (χ3v) is 3.59. The Morgan fingerprint density at radius 3 is 2.58 bits per heavy atom. The van der Waals surface area contributed by atoms with Crippen molar-refractivity contribution < 1.29 is 8.42 Å². The molecule has 1 aliphatic heterocycles. The fourth-order valence-electron chi connectivity index (χ4n) is 1.49. The van der Waals surface area contributed by atoms with Gasteiger partial charge >= 0.3 is 0 Å². The van der Waals surface area contributed by atoms with Crippen molar-refractivity contribution in [2.75, 3.05) is 12.8 Å². The van der Waals surface area contributed by atoms with Gasteiger partial charge in [-0.1, -0.05) is 6.42 Å². The summed E-state index contributed by atoms with van der Waals surface area (Å²) in [4.78, 5) is 1.58. The molecule has 4 heteroatoms. The van der Waals surface area contributed by atoms with Gasteiger partial charge in [0.1, 0.15) is 5.37 Å². The zero-order valence-electron chi connectivity index (χ0n) is 7.16. The van der Waals surface area contributed by atoms with Crippen molar-refractivity contribution >= 4 is 9.84 Å². The molecule has 0 aromatic rings. The summed E-state index contributed by atoms with van der Waals surface area (Å²) in [7, 11) is -3.00. The van der Waals surface area contributed by atoms with E-state index in [1.807, 2.05) is 0 Å². The monoisotopic (exact) mass is 187 g/mol. The molecule has 0 N–H and O–H groups in total. The molecule has 0 amide bonds. The van der Waals surface area contributed by atoms with Gasteiger partial charge in [0.2, 0.25) is 0 Å². The van der Waals surface area contributed by atoms with E-state index in [0.29, 0.717) is 13.0 Å². The first-order valence-corrected chi connectivity index (χ1v) is 5.93. The maximum Gasteiger partial charge on any atom is 0.169 e. The fourth-order valence-corrected chi connectivity index (χ4v) is 2.72. The van der Waals surface area contributed by atoms with Crippen LogP contribution in [0.15, 0.2) is 0 Å². The van der Waals surface area contributed by atoms with Gasteiger partial charge in [-0.25, -0.2) is 8.42 Å². The number of likely N-dealkylation sites (tertiary alicyclic amines) is 1. The second kappa shape index (κ2) is 3.36. The Morgan fingerprint density at radius 2 is 2.17 bits per heavy atom. The second-order valence-electron chi connectivity index (χ2n) is 3.10. The molecule has 0 saturated carbocycles. The highest BCUT2D eigenvalue weighted by molar-refractivity contribution is 7.91. The molecule has 1 rings (SSSR count). The molecule has 1 aliphatic rings. The summed E-state index contributed by atoms with van der Waals surface area (Å²) in [5.41, 5.74) is 0. The summed E-state index contributed by atoms with van der Waals surface area (Å²) in [6.07, 6.45) is 9.07. The van der Waals surface area contributed by atoms with Gasteiger partial charge in [0.05, 0.1) is 0 Å². The van der Waals surface area contributed by atoms with Crippen LogP contribution in [-0.4, -0.2) is 31.5 Å². The molecular weight excluding hydrogens is 174 g/mol. The minimum atomic E-state index is -3.00. The van der Waals surface area contributed by atoms with Crippen LogP contribution < -0.4 is 0 Å². The third-order valence-electron chi connectivity index (χ3n) is 2.11. The van der Waals surface area contributed by atoms with Crippen LogP contribution in [0, 0.1) is 12.5 Å². The first-order chi connectivity index (χ1) is 5.55. The molecule has 68 valence electrons. The zero-order valence-corrected chi connectivity index (χ0v) is 7.97. The van der Waals surface area contributed by atoms with Gasteiger partial charge in [0.15, 0.2) is 9.84 Å². The Balaban J connectivity index is 2.81. The molecule has 0 aliphatic carbocycles. The molecule has 0 radical (unpaired) electrons. The summed E-state index contributed by atoms with van der Waals surface area (Å²) in [5, 5.41) is -0.448. The quantitative estimate of drug-likeness (QED) is 0.559. The largest absolute Gasteiger partial charge is 0.315 e. The predicted molar refractivity (Wildman–Crippen MR) is 48.0 cm³/mol. The second-order valence-corrected chi connectivity index (χ2v) is 5.31. The zero-order chi connectivity index (χ0) is 9.19. The van der Waals surface area contributed by atoms with Crippen molar-refractivity contribution in [3.8, 4) is 12.5 Å². The van der Waals surface area contributed by atoms with Crippen molar-refractivity contribution in [2.24, 2.45) is 0 Å². The first-order valence-electron chi connectivity index (χ1n) is 3.97. The molecular formula is C8H13NO2S. The lowest BCUT2D eigenvalue weighted by Gasteiger charge is -2.30. The van der Waals surface area contributed by atoms with Crippen LogP contribution in [0.25, 0.3) is 0 Å². The van der Waals surface area contributed by atoms with E-state index in [0.717, 1.165) is 12.8 Å². The van der Waals surface area contributed by atoms with E-state index in [1.54, 1.807) is 4.90 Å². The van der Waals surface area contributed by atoms with Gasteiger partial charge in [-0.3, -0.25) is 0 Å². The molecule has 0 aromatic carbocycles. The maximum atomic E-state index is 11.2. The number of sulfone groups is 1. The lowest BCUT2D eigenvalue weighted by molar-refractivity contribution is 0.288. The van der Waals surface area contributed by atoms with Crippen molar-refractivity contribution in [3.63, 3.8) is 0 Å². The SMILES string of the molecule is C#CN1CCCCC1S(C)(=O)=O. The number of hydrogen-bond donors (Lipinski definition) is 0. The Bertz CT molecular complexity index is 289. The molecule has 12 heavy (non-hydrogen) atoms. The molecule has 3 nitrogen and oxygen atoms in total. The Morgan fingerprint density at radius 1 is 1.50 bits per heavy atom. The van der Waals surface area contributed by atoms with Crippen molar-refractivity contribution in [3.05, 3.63) is 0 Å². The van der Waals surface area contributed by atoms with Crippen LogP contribution in [0.5, 0.6) is 0 Å². The molecule has 0 bridgehead atoms. The molecule has 0 aromatic heterocycles. The number of hydrogen-bond acceptors (Lipinski definition) is 3. The number of piperidine rings is 1. The predicted octanol–water partition coefficient (Wildman–Crippen LogP) is 0.434. The van der Waals surface area contributed by atoms with Gasteiger partial charge in [0.25, 0.3) is 0 Å². The molecule has 1 heterocycles. The number of terminal acetylenes is 1. The van der Waals surface area contributed by atoms with Gasteiger partial charge < -0.3 is 4.90 Å². The molecule has 1 fully saturated rings. The van der Waals surface area contributed by atoms with Gasteiger partial charge in [0, 0.05) is 18.8 Å². The van der Waals surface area contributed by atoms with Crippen molar-refractivity contribution in [2.45, 2.75) is 24.6 Å².